The zero-order valence-electron chi connectivity index (χ0n) is 11.9. The highest BCUT2D eigenvalue weighted by Gasteiger charge is 2.28. The molecule has 1 atom stereocenters. The molecule has 110 valence electrons. The average Bonchev–Trinajstić information content (AvgIpc) is 2.83. The average molecular weight is 278 g/mol. The van der Waals surface area contributed by atoms with E-state index in [1.165, 1.54) is 0 Å². The Morgan fingerprint density at radius 3 is 3.00 bits per heavy atom. The molecular formula is C16H22O4. The topological polar surface area (TPSA) is 58.9 Å². The Labute approximate surface area is 119 Å². The third kappa shape index (κ3) is 3.07. The van der Waals surface area contributed by atoms with E-state index in [-0.39, 0.29) is 17.6 Å². The van der Waals surface area contributed by atoms with E-state index in [4.69, 9.17) is 9.47 Å². The monoisotopic (exact) mass is 278 g/mol. The fourth-order valence-electron chi connectivity index (χ4n) is 2.36. The van der Waals surface area contributed by atoms with E-state index in [9.17, 15) is 10.2 Å². The number of hydrogen-bond donors (Lipinski definition) is 2. The predicted octanol–water partition coefficient (Wildman–Crippen LogP) is 2.95. The number of ether oxygens (including phenoxy) is 2. The quantitative estimate of drug-likeness (QED) is 0.594. The molecule has 4 heteroatoms. The molecule has 0 fully saturated rings. The van der Waals surface area contributed by atoms with Crippen LogP contribution in [0.1, 0.15) is 30.9 Å². The summed E-state index contributed by atoms with van der Waals surface area (Å²) in [5, 5.41) is 20.1. The van der Waals surface area contributed by atoms with E-state index < -0.39 is 0 Å². The van der Waals surface area contributed by atoms with E-state index in [2.05, 4.69) is 13.5 Å². The zero-order valence-corrected chi connectivity index (χ0v) is 11.9. The van der Waals surface area contributed by atoms with Crippen molar-refractivity contribution < 1.29 is 19.7 Å². The first kappa shape index (κ1) is 14.7. The summed E-state index contributed by atoms with van der Waals surface area (Å²) in [6.07, 6.45) is 4.75. The second-order valence-electron chi connectivity index (χ2n) is 5.08. The largest absolute Gasteiger partial charge is 0.508 e. The van der Waals surface area contributed by atoms with Crippen LogP contribution in [0.25, 0.3) is 0 Å². The van der Waals surface area contributed by atoms with Gasteiger partial charge in [-0.15, -0.1) is 6.58 Å². The lowest BCUT2D eigenvalue weighted by molar-refractivity contribution is 0.0581. The first-order valence-electron chi connectivity index (χ1n) is 7.09. The van der Waals surface area contributed by atoms with Gasteiger partial charge < -0.3 is 19.7 Å². The normalized spacial score (nSPS) is 16.8. The van der Waals surface area contributed by atoms with Crippen molar-refractivity contribution in [1.82, 2.24) is 0 Å². The van der Waals surface area contributed by atoms with Crippen molar-refractivity contribution in [1.29, 1.82) is 0 Å². The van der Waals surface area contributed by atoms with E-state index in [0.29, 0.717) is 30.8 Å². The SMILES string of the molecule is C=CCc1c(O)cc2c(c1O)OC(COCCCC)C2. The van der Waals surface area contributed by atoms with E-state index in [0.717, 1.165) is 25.0 Å². The minimum absolute atomic E-state index is 0.0240. The molecule has 1 aliphatic heterocycles. The van der Waals surface area contributed by atoms with Crippen LogP contribution in [-0.2, 0) is 17.6 Å². The fraction of sp³-hybridized carbons (Fsp3) is 0.500. The summed E-state index contributed by atoms with van der Waals surface area (Å²) < 4.78 is 11.3. The highest BCUT2D eigenvalue weighted by Crippen LogP contribution is 2.44. The molecule has 1 heterocycles. The van der Waals surface area contributed by atoms with Gasteiger partial charge in [0, 0.05) is 24.2 Å². The summed E-state index contributed by atoms with van der Waals surface area (Å²) in [6.45, 7) is 6.97. The number of allylic oxidation sites excluding steroid dienone is 1. The summed E-state index contributed by atoms with van der Waals surface area (Å²) in [7, 11) is 0. The maximum Gasteiger partial charge on any atom is 0.165 e. The van der Waals surface area contributed by atoms with Gasteiger partial charge in [0.15, 0.2) is 11.5 Å². The molecule has 2 N–H and O–H groups in total. The Bertz CT molecular complexity index is 482. The van der Waals surface area contributed by atoms with Gasteiger partial charge in [-0.2, -0.15) is 0 Å². The maximum atomic E-state index is 10.2. The molecule has 1 aromatic rings. The summed E-state index contributed by atoms with van der Waals surface area (Å²) >= 11 is 0. The smallest absolute Gasteiger partial charge is 0.165 e. The van der Waals surface area contributed by atoms with Crippen molar-refractivity contribution in [3.63, 3.8) is 0 Å². The van der Waals surface area contributed by atoms with Crippen molar-refractivity contribution in [2.75, 3.05) is 13.2 Å². The molecule has 0 radical (unpaired) electrons. The Morgan fingerprint density at radius 1 is 1.50 bits per heavy atom. The van der Waals surface area contributed by atoms with Gasteiger partial charge in [-0.1, -0.05) is 19.4 Å². The van der Waals surface area contributed by atoms with Crippen LogP contribution in [0.2, 0.25) is 0 Å². The van der Waals surface area contributed by atoms with Crippen LogP contribution in [-0.4, -0.2) is 29.5 Å². The number of aromatic hydroxyl groups is 2. The Kier molecular flexibility index (Phi) is 4.90. The molecule has 1 aromatic carbocycles. The highest BCUT2D eigenvalue weighted by atomic mass is 16.5. The van der Waals surface area contributed by atoms with Gasteiger partial charge in [0.25, 0.3) is 0 Å². The van der Waals surface area contributed by atoms with Crippen LogP contribution in [0, 0.1) is 0 Å². The van der Waals surface area contributed by atoms with Gasteiger partial charge in [0.1, 0.15) is 11.9 Å². The molecule has 4 nitrogen and oxygen atoms in total. The number of rotatable bonds is 7. The van der Waals surface area contributed by atoms with Crippen molar-refractivity contribution >= 4 is 0 Å². The highest BCUT2D eigenvalue weighted by molar-refractivity contribution is 5.59. The van der Waals surface area contributed by atoms with Crippen molar-refractivity contribution in [3.05, 3.63) is 29.8 Å². The molecule has 0 spiro atoms. The van der Waals surface area contributed by atoms with E-state index in [1.54, 1.807) is 12.1 Å². The van der Waals surface area contributed by atoms with E-state index >= 15 is 0 Å². The minimum atomic E-state index is -0.0915. The van der Waals surface area contributed by atoms with Gasteiger partial charge in [0.2, 0.25) is 0 Å². The third-order valence-corrected chi connectivity index (χ3v) is 3.44. The number of benzene rings is 1. The second kappa shape index (κ2) is 6.66. The standard InChI is InChI=1S/C16H22O4/c1-3-5-7-19-10-12-8-11-9-14(17)13(6-4-2)15(18)16(11)20-12/h4,9,12,17-18H,2-3,5-8,10H2,1H3. The number of fused-ring (bicyclic) bond motifs is 1. The maximum absolute atomic E-state index is 10.2. The molecule has 20 heavy (non-hydrogen) atoms. The van der Waals surface area contributed by atoms with Crippen molar-refractivity contribution in [2.45, 2.75) is 38.7 Å². The van der Waals surface area contributed by atoms with Crippen LogP contribution < -0.4 is 4.74 Å². The van der Waals surface area contributed by atoms with Gasteiger partial charge >= 0.3 is 0 Å². The second-order valence-corrected chi connectivity index (χ2v) is 5.08. The lowest BCUT2D eigenvalue weighted by Gasteiger charge is -2.12. The molecule has 0 aliphatic carbocycles. The van der Waals surface area contributed by atoms with Gasteiger partial charge in [-0.05, 0) is 18.9 Å². The molecule has 0 saturated heterocycles. The van der Waals surface area contributed by atoms with Crippen LogP contribution in [0.15, 0.2) is 18.7 Å². The molecule has 0 saturated carbocycles. The molecule has 0 aromatic heterocycles. The Hall–Kier alpha value is -1.68. The molecule has 1 unspecified atom stereocenters. The lowest BCUT2D eigenvalue weighted by Crippen LogP contribution is -2.20. The van der Waals surface area contributed by atoms with Gasteiger partial charge in [-0.25, -0.2) is 0 Å². The summed E-state index contributed by atoms with van der Waals surface area (Å²) in [4.78, 5) is 0. The minimum Gasteiger partial charge on any atom is -0.508 e. The zero-order chi connectivity index (χ0) is 14.5. The van der Waals surface area contributed by atoms with E-state index in [1.807, 2.05) is 0 Å². The van der Waals surface area contributed by atoms with Crippen LogP contribution >= 0.6 is 0 Å². The fourth-order valence-corrected chi connectivity index (χ4v) is 2.36. The molecular weight excluding hydrogens is 256 g/mol. The number of hydrogen-bond acceptors (Lipinski definition) is 4. The van der Waals surface area contributed by atoms with Gasteiger partial charge in [-0.3, -0.25) is 0 Å². The number of phenols is 2. The van der Waals surface area contributed by atoms with Crippen LogP contribution in [0.3, 0.4) is 0 Å². The first-order valence-corrected chi connectivity index (χ1v) is 7.09. The van der Waals surface area contributed by atoms with Gasteiger partial charge in [0.05, 0.1) is 6.61 Å². The van der Waals surface area contributed by atoms with Crippen molar-refractivity contribution in [2.24, 2.45) is 0 Å². The Balaban J connectivity index is 2.04. The molecule has 0 amide bonds. The van der Waals surface area contributed by atoms with Crippen LogP contribution in [0.5, 0.6) is 17.2 Å². The summed E-state index contributed by atoms with van der Waals surface area (Å²) in [5.41, 5.74) is 1.29. The lowest BCUT2D eigenvalue weighted by atomic mass is 10.0. The molecule has 0 bridgehead atoms. The summed E-state index contributed by atoms with van der Waals surface area (Å²) in [5.74, 6) is 0.594. The molecule has 2 rings (SSSR count). The third-order valence-electron chi connectivity index (χ3n) is 3.44. The summed E-state index contributed by atoms with van der Waals surface area (Å²) in [6, 6.07) is 1.67. The number of unbranched alkanes of at least 4 members (excludes halogenated alkanes) is 1. The number of phenolic OH excluding ortho intramolecular Hbond substituents is 2. The molecule has 1 aliphatic rings. The Morgan fingerprint density at radius 2 is 2.30 bits per heavy atom. The van der Waals surface area contributed by atoms with Crippen molar-refractivity contribution in [3.8, 4) is 17.2 Å². The predicted molar refractivity (Wildman–Crippen MR) is 77.5 cm³/mol. The first-order chi connectivity index (χ1) is 9.67. The van der Waals surface area contributed by atoms with Crippen LogP contribution in [0.4, 0.5) is 0 Å².